The van der Waals surface area contributed by atoms with Crippen molar-refractivity contribution in [2.75, 3.05) is 6.54 Å². The Bertz CT molecular complexity index is 855. The zero-order chi connectivity index (χ0) is 21.1. The van der Waals surface area contributed by atoms with Crippen LogP contribution in [0.25, 0.3) is 0 Å². The van der Waals surface area contributed by atoms with Crippen LogP contribution in [-0.4, -0.2) is 19.3 Å². The molecule has 0 unspecified atom stereocenters. The second kappa shape index (κ2) is 9.23. The lowest BCUT2D eigenvalue weighted by atomic mass is 9.89. The molecule has 0 saturated carbocycles. The van der Waals surface area contributed by atoms with E-state index in [0.29, 0.717) is 23.9 Å². The molecule has 0 amide bonds. The third kappa shape index (κ3) is 4.84. The Morgan fingerprint density at radius 1 is 0.821 bits per heavy atom. The second-order valence-electron chi connectivity index (χ2n) is 8.41. The lowest BCUT2D eigenvalue weighted by Gasteiger charge is -2.27. The molecule has 0 radical (unpaired) electrons. The van der Waals surface area contributed by atoms with Crippen LogP contribution in [0.4, 0.5) is 0 Å². The lowest BCUT2D eigenvalue weighted by molar-refractivity contribution is 0.421. The molecule has 0 fully saturated rings. The molecular formula is C24H35NO2S. The third-order valence-corrected chi connectivity index (χ3v) is 7.29. The SMILES string of the molecule is CCN(Cc1ccccc1)S(=O)(=O)c1c(C(C)C)cc(C(C)C)cc1C(C)C. The summed E-state index contributed by atoms with van der Waals surface area (Å²) in [6.07, 6.45) is 0. The summed E-state index contributed by atoms with van der Waals surface area (Å²) >= 11 is 0. The molecular weight excluding hydrogens is 366 g/mol. The van der Waals surface area contributed by atoms with Gasteiger partial charge >= 0.3 is 0 Å². The standard InChI is InChI=1S/C24H35NO2S/c1-8-25(16-20-12-10-9-11-13-20)28(26,27)24-22(18(4)5)14-21(17(2)3)15-23(24)19(6)7/h9-15,17-19H,8,16H2,1-7H3. The highest BCUT2D eigenvalue weighted by Crippen LogP contribution is 2.36. The molecule has 0 heterocycles. The molecule has 0 aromatic heterocycles. The zero-order valence-electron chi connectivity index (χ0n) is 18.4. The van der Waals surface area contributed by atoms with Crippen LogP contribution in [0, 0.1) is 0 Å². The summed E-state index contributed by atoms with van der Waals surface area (Å²) in [6, 6.07) is 14.0. The summed E-state index contributed by atoms with van der Waals surface area (Å²) in [5, 5.41) is 0. The molecule has 28 heavy (non-hydrogen) atoms. The minimum Gasteiger partial charge on any atom is -0.207 e. The van der Waals surface area contributed by atoms with E-state index in [-0.39, 0.29) is 11.8 Å². The summed E-state index contributed by atoms with van der Waals surface area (Å²) in [6.45, 7) is 15.4. The van der Waals surface area contributed by atoms with E-state index in [4.69, 9.17) is 0 Å². The van der Waals surface area contributed by atoms with E-state index < -0.39 is 10.0 Å². The van der Waals surface area contributed by atoms with Crippen molar-refractivity contribution in [3.05, 3.63) is 64.7 Å². The first-order valence-electron chi connectivity index (χ1n) is 10.3. The molecule has 0 aliphatic heterocycles. The van der Waals surface area contributed by atoms with Crippen LogP contribution in [0.1, 0.15) is 88.5 Å². The molecule has 0 bridgehead atoms. The van der Waals surface area contributed by atoms with Crippen molar-refractivity contribution in [1.29, 1.82) is 0 Å². The van der Waals surface area contributed by atoms with Crippen molar-refractivity contribution in [3.63, 3.8) is 0 Å². The maximum absolute atomic E-state index is 13.8. The van der Waals surface area contributed by atoms with E-state index in [1.165, 1.54) is 5.56 Å². The highest BCUT2D eigenvalue weighted by molar-refractivity contribution is 7.89. The molecule has 0 aliphatic carbocycles. The van der Waals surface area contributed by atoms with E-state index >= 15 is 0 Å². The molecule has 3 nitrogen and oxygen atoms in total. The van der Waals surface area contributed by atoms with E-state index in [1.807, 2.05) is 37.3 Å². The summed E-state index contributed by atoms with van der Waals surface area (Å²) in [5.41, 5.74) is 4.07. The van der Waals surface area contributed by atoms with Gasteiger partial charge in [0.25, 0.3) is 0 Å². The van der Waals surface area contributed by atoms with Gasteiger partial charge < -0.3 is 0 Å². The molecule has 2 rings (SSSR count). The summed E-state index contributed by atoms with van der Waals surface area (Å²) in [5.74, 6) is 0.631. The van der Waals surface area contributed by atoms with Crippen LogP contribution in [0.15, 0.2) is 47.4 Å². The number of sulfonamides is 1. The van der Waals surface area contributed by atoms with Gasteiger partial charge in [-0.05, 0) is 40.0 Å². The van der Waals surface area contributed by atoms with Crippen LogP contribution in [0.3, 0.4) is 0 Å². The van der Waals surface area contributed by atoms with Crippen molar-refractivity contribution >= 4 is 10.0 Å². The number of hydrogen-bond acceptors (Lipinski definition) is 2. The number of rotatable bonds is 8. The highest BCUT2D eigenvalue weighted by Gasteiger charge is 2.31. The Morgan fingerprint density at radius 2 is 1.32 bits per heavy atom. The van der Waals surface area contributed by atoms with E-state index in [2.05, 4.69) is 53.7 Å². The number of benzene rings is 2. The number of nitrogens with zero attached hydrogens (tertiary/aromatic N) is 1. The second-order valence-corrected chi connectivity index (χ2v) is 10.3. The Kier molecular flexibility index (Phi) is 7.46. The molecule has 4 heteroatoms. The maximum Gasteiger partial charge on any atom is 0.243 e. The van der Waals surface area contributed by atoms with Crippen molar-refractivity contribution in [2.45, 2.75) is 77.7 Å². The van der Waals surface area contributed by atoms with Crippen LogP contribution in [-0.2, 0) is 16.6 Å². The van der Waals surface area contributed by atoms with Crippen molar-refractivity contribution in [1.82, 2.24) is 4.31 Å². The predicted octanol–water partition coefficient (Wildman–Crippen LogP) is 6.27. The van der Waals surface area contributed by atoms with Gasteiger partial charge in [0.2, 0.25) is 10.0 Å². The Morgan fingerprint density at radius 3 is 1.71 bits per heavy atom. The van der Waals surface area contributed by atoms with Crippen molar-refractivity contribution < 1.29 is 8.42 Å². The van der Waals surface area contributed by atoms with Gasteiger partial charge in [-0.25, -0.2) is 8.42 Å². The van der Waals surface area contributed by atoms with Gasteiger partial charge in [0, 0.05) is 13.1 Å². The molecule has 0 saturated heterocycles. The quantitative estimate of drug-likeness (QED) is 0.523. The third-order valence-electron chi connectivity index (χ3n) is 5.23. The largest absolute Gasteiger partial charge is 0.243 e. The average Bonchev–Trinajstić information content (AvgIpc) is 2.65. The molecule has 2 aromatic carbocycles. The normalized spacial score (nSPS) is 12.5. The molecule has 2 aromatic rings. The molecule has 0 N–H and O–H groups in total. The topological polar surface area (TPSA) is 37.4 Å². The fraction of sp³-hybridized carbons (Fsp3) is 0.500. The first-order valence-corrected chi connectivity index (χ1v) is 11.7. The fourth-order valence-corrected chi connectivity index (χ4v) is 5.57. The van der Waals surface area contributed by atoms with Crippen LogP contribution >= 0.6 is 0 Å². The predicted molar refractivity (Wildman–Crippen MR) is 118 cm³/mol. The Labute approximate surface area is 171 Å². The van der Waals surface area contributed by atoms with Crippen LogP contribution in [0.2, 0.25) is 0 Å². The average molecular weight is 402 g/mol. The molecule has 0 aliphatic rings. The monoisotopic (exact) mass is 401 g/mol. The van der Waals surface area contributed by atoms with Gasteiger partial charge in [0.05, 0.1) is 4.90 Å². The van der Waals surface area contributed by atoms with Crippen molar-refractivity contribution in [2.24, 2.45) is 0 Å². The molecule has 154 valence electrons. The first-order chi connectivity index (χ1) is 13.1. The maximum atomic E-state index is 13.8. The Balaban J connectivity index is 2.68. The smallest absolute Gasteiger partial charge is 0.207 e. The van der Waals surface area contributed by atoms with E-state index in [1.54, 1.807) is 4.31 Å². The Hall–Kier alpha value is -1.65. The van der Waals surface area contributed by atoms with Gasteiger partial charge in [0.15, 0.2) is 0 Å². The highest BCUT2D eigenvalue weighted by atomic mass is 32.2. The summed E-state index contributed by atoms with van der Waals surface area (Å²) in [7, 11) is -3.61. The summed E-state index contributed by atoms with van der Waals surface area (Å²) in [4.78, 5) is 0.514. The van der Waals surface area contributed by atoms with Gasteiger partial charge in [-0.1, -0.05) is 90.9 Å². The van der Waals surface area contributed by atoms with Crippen molar-refractivity contribution in [3.8, 4) is 0 Å². The zero-order valence-corrected chi connectivity index (χ0v) is 19.2. The van der Waals surface area contributed by atoms with Gasteiger partial charge in [0.1, 0.15) is 0 Å². The van der Waals surface area contributed by atoms with Gasteiger partial charge in [-0.2, -0.15) is 4.31 Å². The van der Waals surface area contributed by atoms with E-state index in [9.17, 15) is 8.42 Å². The van der Waals surface area contributed by atoms with E-state index in [0.717, 1.165) is 16.7 Å². The van der Waals surface area contributed by atoms with Gasteiger partial charge in [-0.15, -0.1) is 0 Å². The fourth-order valence-electron chi connectivity index (χ4n) is 3.47. The minimum absolute atomic E-state index is 0.136. The lowest BCUT2D eigenvalue weighted by Crippen LogP contribution is -2.32. The van der Waals surface area contributed by atoms with Crippen LogP contribution < -0.4 is 0 Å². The minimum atomic E-state index is -3.61. The number of hydrogen-bond donors (Lipinski definition) is 0. The molecule has 0 atom stereocenters. The van der Waals surface area contributed by atoms with Crippen LogP contribution in [0.5, 0.6) is 0 Å². The first kappa shape index (κ1) is 22.6. The summed E-state index contributed by atoms with van der Waals surface area (Å²) < 4.78 is 29.3. The van der Waals surface area contributed by atoms with Gasteiger partial charge in [-0.3, -0.25) is 0 Å². The molecule has 0 spiro atoms.